The van der Waals surface area contributed by atoms with Gasteiger partial charge in [0.25, 0.3) is 0 Å². The predicted octanol–water partition coefficient (Wildman–Crippen LogP) is 4.89. The van der Waals surface area contributed by atoms with Crippen molar-refractivity contribution in [2.45, 2.75) is 69.0 Å². The zero-order valence-electron chi connectivity index (χ0n) is 23.8. The second kappa shape index (κ2) is 11.8. The minimum absolute atomic E-state index is 0.0581. The van der Waals surface area contributed by atoms with E-state index >= 15 is 0 Å². The number of piperazine rings is 1. The molecule has 2 aliphatic rings. The van der Waals surface area contributed by atoms with Crippen molar-refractivity contribution < 1.29 is 22.7 Å². The SMILES string of the molecule is CC(C)(C)OC(=O)N1CCN(C(=O)[C@H]2CC[C@H](NS(=O)(=O)c3cnc4ccccc4c3)CC2)C(c2ccccc2)C1. The first kappa shape index (κ1) is 29.0. The summed E-state index contributed by atoms with van der Waals surface area (Å²) >= 11 is 0. The number of fused-ring (bicyclic) bond motifs is 1. The van der Waals surface area contributed by atoms with Crippen LogP contribution in [-0.4, -0.2) is 66.5 Å². The molecule has 0 radical (unpaired) electrons. The molecule has 2 amide bonds. The molecule has 1 aliphatic heterocycles. The van der Waals surface area contributed by atoms with Crippen molar-refractivity contribution >= 4 is 32.9 Å². The van der Waals surface area contributed by atoms with Crippen LogP contribution < -0.4 is 4.72 Å². The van der Waals surface area contributed by atoms with Gasteiger partial charge in [-0.3, -0.25) is 9.78 Å². The number of sulfonamides is 1. The minimum Gasteiger partial charge on any atom is -0.444 e. The third-order valence-electron chi connectivity index (χ3n) is 7.77. The Labute approximate surface area is 241 Å². The number of nitrogens with zero attached hydrogens (tertiary/aromatic N) is 3. The zero-order chi connectivity index (χ0) is 29.2. The van der Waals surface area contributed by atoms with Gasteiger partial charge < -0.3 is 14.5 Å². The molecule has 41 heavy (non-hydrogen) atoms. The van der Waals surface area contributed by atoms with E-state index in [2.05, 4.69) is 9.71 Å². The highest BCUT2D eigenvalue weighted by Gasteiger charge is 2.39. The van der Waals surface area contributed by atoms with Crippen molar-refractivity contribution in [3.05, 3.63) is 72.4 Å². The maximum Gasteiger partial charge on any atom is 0.410 e. The number of amides is 2. The number of carbonyl (C=O) groups is 2. The second-order valence-corrected chi connectivity index (χ2v) is 13.6. The van der Waals surface area contributed by atoms with Gasteiger partial charge in [-0.05, 0) is 64.2 Å². The van der Waals surface area contributed by atoms with Gasteiger partial charge in [-0.2, -0.15) is 0 Å². The number of carbonyl (C=O) groups excluding carboxylic acids is 2. The summed E-state index contributed by atoms with van der Waals surface area (Å²) in [7, 11) is -3.74. The quantitative estimate of drug-likeness (QED) is 0.462. The molecule has 1 N–H and O–H groups in total. The molecule has 2 fully saturated rings. The van der Waals surface area contributed by atoms with E-state index in [1.807, 2.05) is 80.3 Å². The van der Waals surface area contributed by atoms with Gasteiger partial charge in [-0.15, -0.1) is 0 Å². The summed E-state index contributed by atoms with van der Waals surface area (Å²) in [4.78, 5) is 34.7. The lowest BCUT2D eigenvalue weighted by Gasteiger charge is -2.43. The number of para-hydroxylation sites is 1. The van der Waals surface area contributed by atoms with Crippen molar-refractivity contribution in [3.8, 4) is 0 Å². The van der Waals surface area contributed by atoms with Crippen LogP contribution in [0.2, 0.25) is 0 Å². The standard InChI is InChI=1S/C31H38N4O5S/c1-31(2,3)40-30(37)34-17-18-35(28(21-34)22-9-5-4-6-10-22)29(36)23-13-15-25(16-14-23)33-41(38,39)26-19-24-11-7-8-12-27(24)32-20-26/h4-12,19-20,23,25,28,33H,13-18,21H2,1-3H3/t23-,25-,28?. The molecule has 1 saturated carbocycles. The van der Waals surface area contributed by atoms with Crippen LogP contribution in [-0.2, 0) is 19.6 Å². The van der Waals surface area contributed by atoms with Crippen LogP contribution in [0.1, 0.15) is 58.1 Å². The van der Waals surface area contributed by atoms with Gasteiger partial charge in [-0.25, -0.2) is 17.9 Å². The van der Waals surface area contributed by atoms with Crippen LogP contribution in [0, 0.1) is 5.92 Å². The number of hydrogen-bond acceptors (Lipinski definition) is 6. The van der Waals surface area contributed by atoms with Crippen molar-refractivity contribution in [3.63, 3.8) is 0 Å². The van der Waals surface area contributed by atoms with Gasteiger partial charge in [0.05, 0.1) is 11.6 Å². The van der Waals surface area contributed by atoms with Gasteiger partial charge >= 0.3 is 6.09 Å². The van der Waals surface area contributed by atoms with Gasteiger partial charge in [0.2, 0.25) is 15.9 Å². The molecule has 10 heteroatoms. The lowest BCUT2D eigenvalue weighted by Crippen LogP contribution is -2.54. The van der Waals surface area contributed by atoms with E-state index in [1.54, 1.807) is 11.0 Å². The summed E-state index contributed by atoms with van der Waals surface area (Å²) in [6.45, 7) is 6.70. The highest BCUT2D eigenvalue weighted by molar-refractivity contribution is 7.89. The van der Waals surface area contributed by atoms with Gasteiger partial charge in [-0.1, -0.05) is 48.5 Å². The average molecular weight is 579 g/mol. The molecular formula is C31H38N4O5S. The van der Waals surface area contributed by atoms with Crippen molar-refractivity contribution in [1.82, 2.24) is 19.5 Å². The molecule has 5 rings (SSSR count). The molecule has 2 aromatic carbocycles. The Morgan fingerprint density at radius 2 is 1.63 bits per heavy atom. The summed E-state index contributed by atoms with van der Waals surface area (Å²) in [5.41, 5.74) is 1.11. The molecule has 1 aliphatic carbocycles. The Bertz CT molecular complexity index is 1500. The summed E-state index contributed by atoms with van der Waals surface area (Å²) in [5.74, 6) is -0.139. The summed E-state index contributed by atoms with van der Waals surface area (Å²) in [6.07, 6.45) is 3.35. The molecule has 1 saturated heterocycles. The molecule has 1 aromatic heterocycles. The van der Waals surface area contributed by atoms with Crippen LogP contribution in [0.4, 0.5) is 4.79 Å². The topological polar surface area (TPSA) is 109 Å². The Morgan fingerprint density at radius 1 is 0.951 bits per heavy atom. The van der Waals surface area contributed by atoms with Crippen LogP contribution >= 0.6 is 0 Å². The number of rotatable bonds is 5. The Morgan fingerprint density at radius 3 is 2.34 bits per heavy atom. The predicted molar refractivity (Wildman–Crippen MR) is 157 cm³/mol. The van der Waals surface area contributed by atoms with E-state index in [1.165, 1.54) is 6.20 Å². The Hall–Kier alpha value is -3.50. The first-order valence-electron chi connectivity index (χ1n) is 14.2. The van der Waals surface area contributed by atoms with E-state index in [0.717, 1.165) is 16.5 Å². The van der Waals surface area contributed by atoms with E-state index in [9.17, 15) is 18.0 Å². The van der Waals surface area contributed by atoms with Gasteiger partial charge in [0.1, 0.15) is 10.5 Å². The Balaban J connectivity index is 1.23. The molecule has 3 aromatic rings. The third-order valence-corrected chi connectivity index (χ3v) is 9.26. The number of pyridine rings is 1. The van der Waals surface area contributed by atoms with Crippen LogP contribution in [0.5, 0.6) is 0 Å². The van der Waals surface area contributed by atoms with Crippen LogP contribution in [0.15, 0.2) is 71.8 Å². The number of hydrogen-bond donors (Lipinski definition) is 1. The summed E-state index contributed by atoms with van der Waals surface area (Å²) in [5, 5.41) is 0.768. The largest absolute Gasteiger partial charge is 0.444 e. The molecule has 218 valence electrons. The molecule has 2 heterocycles. The van der Waals surface area contributed by atoms with Crippen molar-refractivity contribution in [1.29, 1.82) is 0 Å². The smallest absolute Gasteiger partial charge is 0.410 e. The number of benzene rings is 2. The van der Waals surface area contributed by atoms with Gasteiger partial charge in [0, 0.05) is 43.2 Å². The minimum atomic E-state index is -3.74. The summed E-state index contributed by atoms with van der Waals surface area (Å²) in [6, 6.07) is 18.3. The van der Waals surface area contributed by atoms with Crippen LogP contribution in [0.25, 0.3) is 10.9 Å². The number of ether oxygens (including phenoxy) is 1. The normalized spacial score (nSPS) is 22.0. The van der Waals surface area contributed by atoms with Crippen LogP contribution in [0.3, 0.4) is 0 Å². The maximum atomic E-state index is 13.8. The molecule has 0 spiro atoms. The maximum absolute atomic E-state index is 13.8. The lowest BCUT2D eigenvalue weighted by atomic mass is 9.85. The molecular weight excluding hydrogens is 540 g/mol. The number of aromatic nitrogens is 1. The third kappa shape index (κ3) is 6.87. The number of nitrogens with one attached hydrogen (secondary N) is 1. The van der Waals surface area contributed by atoms with E-state index in [4.69, 9.17) is 4.74 Å². The second-order valence-electron chi connectivity index (χ2n) is 11.9. The fourth-order valence-corrected chi connectivity index (χ4v) is 6.96. The summed E-state index contributed by atoms with van der Waals surface area (Å²) < 4.78 is 34.7. The first-order chi connectivity index (χ1) is 19.5. The fourth-order valence-electron chi connectivity index (χ4n) is 5.68. The van der Waals surface area contributed by atoms with E-state index in [0.29, 0.717) is 45.3 Å². The van der Waals surface area contributed by atoms with E-state index in [-0.39, 0.29) is 34.9 Å². The molecule has 0 bridgehead atoms. The molecule has 1 atom stereocenters. The Kier molecular flexibility index (Phi) is 8.33. The first-order valence-corrected chi connectivity index (χ1v) is 15.7. The van der Waals surface area contributed by atoms with Crippen molar-refractivity contribution in [2.24, 2.45) is 5.92 Å². The monoisotopic (exact) mass is 578 g/mol. The van der Waals surface area contributed by atoms with Crippen molar-refractivity contribution in [2.75, 3.05) is 19.6 Å². The molecule has 9 nitrogen and oxygen atoms in total. The highest BCUT2D eigenvalue weighted by atomic mass is 32.2. The van der Waals surface area contributed by atoms with E-state index < -0.39 is 15.6 Å². The van der Waals surface area contributed by atoms with Gasteiger partial charge in [0.15, 0.2) is 0 Å². The fraction of sp³-hybridized carbons (Fsp3) is 0.452. The zero-order valence-corrected chi connectivity index (χ0v) is 24.6. The lowest BCUT2D eigenvalue weighted by molar-refractivity contribution is -0.142. The highest BCUT2D eigenvalue weighted by Crippen LogP contribution is 2.33. The molecule has 1 unspecified atom stereocenters. The average Bonchev–Trinajstić information content (AvgIpc) is 2.96.